The number of carbonyl (C=O) groups is 1. The molecule has 0 bridgehead atoms. The molecule has 0 aliphatic carbocycles. The minimum atomic E-state index is -0.560. The summed E-state index contributed by atoms with van der Waals surface area (Å²) in [4.78, 5) is 12.2. The Bertz CT molecular complexity index is 686. The van der Waals surface area contributed by atoms with Crippen LogP contribution < -0.4 is 14.2 Å². The highest BCUT2D eigenvalue weighted by atomic mass is 16.5. The van der Waals surface area contributed by atoms with Crippen LogP contribution >= 0.6 is 0 Å². The molecule has 2 aromatic rings. The van der Waals surface area contributed by atoms with Gasteiger partial charge in [0.15, 0.2) is 11.5 Å². The van der Waals surface area contributed by atoms with Crippen LogP contribution in [0.2, 0.25) is 0 Å². The zero-order chi connectivity index (χ0) is 15.2. The average molecular weight is 283 g/mol. The second-order valence-corrected chi connectivity index (χ2v) is 4.07. The van der Waals surface area contributed by atoms with Crippen molar-refractivity contribution in [2.75, 3.05) is 14.2 Å². The van der Waals surface area contributed by atoms with Crippen LogP contribution in [0, 0.1) is 11.3 Å². The van der Waals surface area contributed by atoms with Gasteiger partial charge < -0.3 is 14.2 Å². The number of nitriles is 1. The molecule has 5 heteroatoms. The molecule has 106 valence electrons. The van der Waals surface area contributed by atoms with Crippen molar-refractivity contribution in [3.8, 4) is 23.3 Å². The topological polar surface area (TPSA) is 68.5 Å². The van der Waals surface area contributed by atoms with Crippen molar-refractivity contribution in [1.82, 2.24) is 0 Å². The molecule has 0 radical (unpaired) electrons. The van der Waals surface area contributed by atoms with Crippen molar-refractivity contribution in [2.24, 2.45) is 0 Å². The van der Waals surface area contributed by atoms with E-state index in [0.29, 0.717) is 22.8 Å². The fourth-order valence-electron chi connectivity index (χ4n) is 1.81. The third-order valence-electron chi connectivity index (χ3n) is 2.82. The smallest absolute Gasteiger partial charge is 0.347 e. The Morgan fingerprint density at radius 3 is 2.33 bits per heavy atom. The Labute approximate surface area is 122 Å². The van der Waals surface area contributed by atoms with Crippen LogP contribution in [0.25, 0.3) is 0 Å². The number of esters is 1. The van der Waals surface area contributed by atoms with E-state index in [1.807, 2.05) is 6.07 Å². The van der Waals surface area contributed by atoms with Crippen molar-refractivity contribution >= 4 is 5.97 Å². The number of rotatable bonds is 4. The summed E-state index contributed by atoms with van der Waals surface area (Å²) in [5.41, 5.74) is 0.759. The van der Waals surface area contributed by atoms with Gasteiger partial charge >= 0.3 is 5.97 Å². The largest absolute Gasteiger partial charge is 0.493 e. The molecule has 0 N–H and O–H groups in total. The standard InChI is InChI=1S/C16H13NO4/c1-19-14-5-3-4-13(15(14)20-2)16(18)21-12-8-6-11(10-17)7-9-12/h3-9H,1-2H3. The number of carbonyl (C=O) groups excluding carboxylic acids is 1. The van der Waals surface area contributed by atoms with Crippen LogP contribution in [0.3, 0.4) is 0 Å². The maximum atomic E-state index is 12.2. The Morgan fingerprint density at radius 1 is 1.05 bits per heavy atom. The molecule has 0 aromatic heterocycles. The summed E-state index contributed by atoms with van der Waals surface area (Å²) in [6.07, 6.45) is 0. The molecule has 0 fully saturated rings. The molecular formula is C16H13NO4. The molecule has 0 aliphatic heterocycles. The van der Waals surface area contributed by atoms with Crippen molar-refractivity contribution in [3.63, 3.8) is 0 Å². The maximum Gasteiger partial charge on any atom is 0.347 e. The second-order valence-electron chi connectivity index (χ2n) is 4.07. The van der Waals surface area contributed by atoms with Gasteiger partial charge in [-0.15, -0.1) is 0 Å². The fraction of sp³-hybridized carbons (Fsp3) is 0.125. The molecule has 0 spiro atoms. The van der Waals surface area contributed by atoms with Gasteiger partial charge in [0.1, 0.15) is 11.3 Å². The number of nitrogens with zero attached hydrogens (tertiary/aromatic N) is 1. The van der Waals surface area contributed by atoms with E-state index in [1.165, 1.54) is 14.2 Å². The summed E-state index contributed by atoms with van der Waals surface area (Å²) in [5.74, 6) is 0.560. The van der Waals surface area contributed by atoms with Crippen LogP contribution in [0.1, 0.15) is 15.9 Å². The molecule has 0 saturated carbocycles. The van der Waals surface area contributed by atoms with Crippen LogP contribution in [-0.2, 0) is 0 Å². The van der Waals surface area contributed by atoms with Gasteiger partial charge in [-0.05, 0) is 36.4 Å². The molecule has 0 saturated heterocycles. The SMILES string of the molecule is COc1cccc(C(=O)Oc2ccc(C#N)cc2)c1OC. The quantitative estimate of drug-likeness (QED) is 0.637. The molecule has 0 heterocycles. The second kappa shape index (κ2) is 6.44. The Kier molecular flexibility index (Phi) is 4.42. The number of hydrogen-bond acceptors (Lipinski definition) is 5. The lowest BCUT2D eigenvalue weighted by atomic mass is 10.2. The highest BCUT2D eigenvalue weighted by Crippen LogP contribution is 2.31. The fourth-order valence-corrected chi connectivity index (χ4v) is 1.81. The summed E-state index contributed by atoms with van der Waals surface area (Å²) in [5, 5.41) is 8.73. The zero-order valence-corrected chi connectivity index (χ0v) is 11.6. The Balaban J connectivity index is 2.26. The summed E-state index contributed by atoms with van der Waals surface area (Å²) in [7, 11) is 2.95. The Morgan fingerprint density at radius 2 is 1.76 bits per heavy atom. The highest BCUT2D eigenvalue weighted by molar-refractivity contribution is 5.95. The van der Waals surface area contributed by atoms with Gasteiger partial charge in [0.05, 0.1) is 25.9 Å². The van der Waals surface area contributed by atoms with Gasteiger partial charge in [-0.25, -0.2) is 4.79 Å². The molecule has 21 heavy (non-hydrogen) atoms. The average Bonchev–Trinajstić information content (AvgIpc) is 2.54. The first-order valence-electron chi connectivity index (χ1n) is 6.13. The third-order valence-corrected chi connectivity index (χ3v) is 2.82. The first kappa shape index (κ1) is 14.4. The normalized spacial score (nSPS) is 9.57. The number of hydrogen-bond donors (Lipinski definition) is 0. The lowest BCUT2D eigenvalue weighted by molar-refractivity contribution is 0.0730. The molecule has 2 aromatic carbocycles. The van der Waals surface area contributed by atoms with Crippen molar-refractivity contribution < 1.29 is 19.0 Å². The van der Waals surface area contributed by atoms with E-state index < -0.39 is 5.97 Å². The monoisotopic (exact) mass is 283 g/mol. The summed E-state index contributed by atoms with van der Waals surface area (Å²) in [6.45, 7) is 0. The summed E-state index contributed by atoms with van der Waals surface area (Å²) < 4.78 is 15.6. The lowest BCUT2D eigenvalue weighted by Gasteiger charge is -2.11. The maximum absolute atomic E-state index is 12.2. The van der Waals surface area contributed by atoms with E-state index in [9.17, 15) is 4.79 Å². The number of benzene rings is 2. The van der Waals surface area contributed by atoms with E-state index in [2.05, 4.69) is 0 Å². The zero-order valence-electron chi connectivity index (χ0n) is 11.6. The van der Waals surface area contributed by atoms with E-state index in [0.717, 1.165) is 0 Å². The van der Waals surface area contributed by atoms with Gasteiger partial charge in [0, 0.05) is 0 Å². The summed E-state index contributed by atoms with van der Waals surface area (Å²) >= 11 is 0. The molecule has 5 nitrogen and oxygen atoms in total. The predicted octanol–water partition coefficient (Wildman–Crippen LogP) is 2.79. The minimum Gasteiger partial charge on any atom is -0.493 e. The van der Waals surface area contributed by atoms with Crippen molar-refractivity contribution in [3.05, 3.63) is 53.6 Å². The van der Waals surface area contributed by atoms with Crippen LogP contribution in [0.5, 0.6) is 17.2 Å². The molecule has 0 atom stereocenters. The van der Waals surface area contributed by atoms with Crippen molar-refractivity contribution in [1.29, 1.82) is 5.26 Å². The molecule has 0 amide bonds. The number of para-hydroxylation sites is 1. The van der Waals surface area contributed by atoms with E-state index in [4.69, 9.17) is 19.5 Å². The molecule has 0 aliphatic rings. The summed E-state index contributed by atoms with van der Waals surface area (Å²) in [6, 6.07) is 13.2. The van der Waals surface area contributed by atoms with Gasteiger partial charge in [0.2, 0.25) is 0 Å². The van der Waals surface area contributed by atoms with Gasteiger partial charge in [-0.3, -0.25) is 0 Å². The van der Waals surface area contributed by atoms with E-state index in [1.54, 1.807) is 42.5 Å². The van der Waals surface area contributed by atoms with Gasteiger partial charge in [-0.2, -0.15) is 5.26 Å². The highest BCUT2D eigenvalue weighted by Gasteiger charge is 2.18. The van der Waals surface area contributed by atoms with Crippen LogP contribution in [-0.4, -0.2) is 20.2 Å². The number of ether oxygens (including phenoxy) is 3. The van der Waals surface area contributed by atoms with Gasteiger partial charge in [-0.1, -0.05) is 6.07 Å². The number of methoxy groups -OCH3 is 2. The lowest BCUT2D eigenvalue weighted by Crippen LogP contribution is -2.10. The molecule has 0 unspecified atom stereocenters. The molecular weight excluding hydrogens is 270 g/mol. The first-order chi connectivity index (χ1) is 10.2. The Hall–Kier alpha value is -3.00. The minimum absolute atomic E-state index is 0.265. The van der Waals surface area contributed by atoms with Crippen LogP contribution in [0.4, 0.5) is 0 Å². The van der Waals surface area contributed by atoms with E-state index in [-0.39, 0.29) is 5.56 Å². The third kappa shape index (κ3) is 3.12. The first-order valence-corrected chi connectivity index (χ1v) is 6.13. The van der Waals surface area contributed by atoms with Gasteiger partial charge in [0.25, 0.3) is 0 Å². The van der Waals surface area contributed by atoms with E-state index >= 15 is 0 Å². The van der Waals surface area contributed by atoms with Crippen molar-refractivity contribution in [2.45, 2.75) is 0 Å². The molecule has 2 rings (SSSR count). The van der Waals surface area contributed by atoms with Crippen LogP contribution in [0.15, 0.2) is 42.5 Å². The predicted molar refractivity (Wildman–Crippen MR) is 75.7 cm³/mol.